The van der Waals surface area contributed by atoms with Gasteiger partial charge >= 0.3 is 0 Å². The molecule has 0 saturated carbocycles. The number of allylic oxidation sites excluding steroid dienone is 1. The number of hydrogen-bond acceptors (Lipinski definition) is 1. The van der Waals surface area contributed by atoms with Crippen molar-refractivity contribution in [3.8, 4) is 0 Å². The first-order valence-corrected chi connectivity index (χ1v) is 6.32. The number of thiocarbonyl (C=S) groups is 1. The van der Waals surface area contributed by atoms with Gasteiger partial charge in [-0.2, -0.15) is 0 Å². The van der Waals surface area contributed by atoms with Crippen molar-refractivity contribution in [2.75, 3.05) is 6.54 Å². The molecule has 0 unspecified atom stereocenters. The van der Waals surface area contributed by atoms with Crippen LogP contribution in [-0.4, -0.2) is 11.7 Å². The van der Waals surface area contributed by atoms with E-state index in [1.807, 2.05) is 0 Å². The lowest BCUT2D eigenvalue weighted by atomic mass is 10.0. The third-order valence-electron chi connectivity index (χ3n) is 2.37. The molecule has 15 heavy (non-hydrogen) atoms. The van der Waals surface area contributed by atoms with Crippen LogP contribution in [-0.2, 0) is 0 Å². The molecule has 0 bridgehead atoms. The topological polar surface area (TPSA) is 38.0 Å². The largest absolute Gasteiger partial charge is 0.376 e. The highest BCUT2D eigenvalue weighted by atomic mass is 32.1. The molecule has 0 saturated heterocycles. The summed E-state index contributed by atoms with van der Waals surface area (Å²) in [6.45, 7) is 5.23. The highest BCUT2D eigenvalue weighted by molar-refractivity contribution is 7.80. The Kier molecular flexibility index (Phi) is 9.59. The van der Waals surface area contributed by atoms with Crippen molar-refractivity contribution in [1.29, 1.82) is 0 Å². The van der Waals surface area contributed by atoms with E-state index in [1.54, 1.807) is 5.57 Å². The molecular formula is C12H24N2S. The molecule has 0 amide bonds. The van der Waals surface area contributed by atoms with E-state index in [0.29, 0.717) is 5.11 Å². The molecule has 88 valence electrons. The monoisotopic (exact) mass is 228 g/mol. The quantitative estimate of drug-likeness (QED) is 0.495. The molecule has 0 fully saturated rings. The smallest absolute Gasteiger partial charge is 0.163 e. The van der Waals surface area contributed by atoms with E-state index >= 15 is 0 Å². The van der Waals surface area contributed by atoms with Crippen molar-refractivity contribution in [1.82, 2.24) is 5.32 Å². The summed E-state index contributed by atoms with van der Waals surface area (Å²) in [6.07, 6.45) is 9.75. The lowest BCUT2D eigenvalue weighted by Gasteiger charge is -2.07. The summed E-state index contributed by atoms with van der Waals surface area (Å²) in [7, 11) is 0. The molecule has 0 aromatic rings. The Hall–Kier alpha value is -0.570. The Bertz CT molecular complexity index is 190. The van der Waals surface area contributed by atoms with Crippen LogP contribution in [0.15, 0.2) is 11.6 Å². The van der Waals surface area contributed by atoms with Gasteiger partial charge < -0.3 is 11.1 Å². The first-order chi connectivity index (χ1) is 7.20. The van der Waals surface area contributed by atoms with Gasteiger partial charge in [0.25, 0.3) is 0 Å². The maximum atomic E-state index is 5.37. The Morgan fingerprint density at radius 1 is 1.20 bits per heavy atom. The van der Waals surface area contributed by atoms with Crippen LogP contribution in [0.25, 0.3) is 0 Å². The number of nitrogens with one attached hydrogen (secondary N) is 1. The van der Waals surface area contributed by atoms with Crippen LogP contribution in [0.4, 0.5) is 0 Å². The van der Waals surface area contributed by atoms with Gasteiger partial charge in [0, 0.05) is 6.54 Å². The first kappa shape index (κ1) is 14.4. The molecule has 3 N–H and O–H groups in total. The maximum Gasteiger partial charge on any atom is 0.163 e. The fourth-order valence-electron chi connectivity index (χ4n) is 1.43. The SMILES string of the molecule is CCCCC(=CCNC(N)=S)CCCC. The zero-order chi connectivity index (χ0) is 11.5. The molecule has 0 rings (SSSR count). The second-order valence-corrected chi connectivity index (χ2v) is 4.25. The van der Waals surface area contributed by atoms with Crippen LogP contribution < -0.4 is 11.1 Å². The van der Waals surface area contributed by atoms with Crippen LogP contribution in [0.2, 0.25) is 0 Å². The number of rotatable bonds is 8. The summed E-state index contributed by atoms with van der Waals surface area (Å²) in [5, 5.41) is 3.35. The van der Waals surface area contributed by atoms with Gasteiger partial charge in [-0.05, 0) is 37.9 Å². The predicted octanol–water partition coefficient (Wildman–Crippen LogP) is 3.13. The Labute approximate surface area is 99.3 Å². The summed E-state index contributed by atoms with van der Waals surface area (Å²) >= 11 is 4.76. The average molecular weight is 228 g/mol. The fourth-order valence-corrected chi connectivity index (χ4v) is 1.52. The first-order valence-electron chi connectivity index (χ1n) is 5.91. The van der Waals surface area contributed by atoms with E-state index in [-0.39, 0.29) is 0 Å². The second-order valence-electron chi connectivity index (χ2n) is 3.81. The second kappa shape index (κ2) is 9.97. The van der Waals surface area contributed by atoms with Crippen molar-refractivity contribution in [2.24, 2.45) is 5.73 Å². The van der Waals surface area contributed by atoms with Crippen molar-refractivity contribution in [3.63, 3.8) is 0 Å². The van der Waals surface area contributed by atoms with Gasteiger partial charge in [0.1, 0.15) is 0 Å². The average Bonchev–Trinajstić information content (AvgIpc) is 2.20. The lowest BCUT2D eigenvalue weighted by molar-refractivity contribution is 0.708. The summed E-state index contributed by atoms with van der Waals surface area (Å²) in [5.74, 6) is 0. The molecule has 2 nitrogen and oxygen atoms in total. The molecule has 0 aromatic heterocycles. The molecule has 0 aromatic carbocycles. The number of nitrogens with two attached hydrogens (primary N) is 1. The predicted molar refractivity (Wildman–Crippen MR) is 71.9 cm³/mol. The van der Waals surface area contributed by atoms with Gasteiger partial charge in [-0.1, -0.05) is 38.3 Å². The van der Waals surface area contributed by atoms with Crippen LogP contribution in [0.1, 0.15) is 52.4 Å². The summed E-state index contributed by atoms with van der Waals surface area (Å²) in [6, 6.07) is 0. The minimum Gasteiger partial charge on any atom is -0.376 e. The Balaban J connectivity index is 3.90. The van der Waals surface area contributed by atoms with E-state index in [2.05, 4.69) is 25.2 Å². The fraction of sp³-hybridized carbons (Fsp3) is 0.750. The highest BCUT2D eigenvalue weighted by Crippen LogP contribution is 2.14. The highest BCUT2D eigenvalue weighted by Gasteiger charge is 1.96. The van der Waals surface area contributed by atoms with Gasteiger partial charge in [-0.25, -0.2) is 0 Å². The molecule has 0 heterocycles. The lowest BCUT2D eigenvalue weighted by Crippen LogP contribution is -2.29. The third-order valence-corrected chi connectivity index (χ3v) is 2.51. The standard InChI is InChI=1S/C12H24N2S/c1-3-5-7-11(8-6-4-2)9-10-14-12(13)15/h9H,3-8,10H2,1-2H3,(H3,13,14,15). The molecule has 0 radical (unpaired) electrons. The summed E-state index contributed by atoms with van der Waals surface area (Å²) in [5.41, 5.74) is 6.91. The van der Waals surface area contributed by atoms with Crippen LogP contribution in [0.3, 0.4) is 0 Å². The van der Waals surface area contributed by atoms with E-state index in [9.17, 15) is 0 Å². The van der Waals surface area contributed by atoms with Crippen LogP contribution in [0, 0.1) is 0 Å². The van der Waals surface area contributed by atoms with Gasteiger partial charge in [-0.15, -0.1) is 0 Å². The summed E-state index contributed by atoms with van der Waals surface area (Å²) < 4.78 is 0. The van der Waals surface area contributed by atoms with Crippen molar-refractivity contribution >= 4 is 17.3 Å². The van der Waals surface area contributed by atoms with E-state index in [1.165, 1.54) is 38.5 Å². The zero-order valence-electron chi connectivity index (χ0n) is 10.0. The molecular weight excluding hydrogens is 204 g/mol. The van der Waals surface area contributed by atoms with E-state index < -0.39 is 0 Å². The number of unbranched alkanes of at least 4 members (excludes halogenated alkanes) is 2. The van der Waals surface area contributed by atoms with Gasteiger partial charge in [-0.3, -0.25) is 0 Å². The Morgan fingerprint density at radius 3 is 2.13 bits per heavy atom. The minimum absolute atomic E-state index is 0.386. The summed E-state index contributed by atoms with van der Waals surface area (Å²) in [4.78, 5) is 0. The van der Waals surface area contributed by atoms with Crippen LogP contribution in [0.5, 0.6) is 0 Å². The van der Waals surface area contributed by atoms with E-state index in [4.69, 9.17) is 18.0 Å². The van der Waals surface area contributed by atoms with Crippen LogP contribution >= 0.6 is 12.2 Å². The Morgan fingerprint density at radius 2 is 1.73 bits per heavy atom. The van der Waals surface area contributed by atoms with Crippen molar-refractivity contribution in [2.45, 2.75) is 52.4 Å². The molecule has 3 heteroatoms. The minimum atomic E-state index is 0.386. The molecule has 0 aliphatic rings. The van der Waals surface area contributed by atoms with Gasteiger partial charge in [0.05, 0.1) is 0 Å². The molecule has 0 aliphatic carbocycles. The van der Waals surface area contributed by atoms with Gasteiger partial charge in [0.15, 0.2) is 5.11 Å². The molecule has 0 aliphatic heterocycles. The maximum absolute atomic E-state index is 5.37. The third kappa shape index (κ3) is 9.73. The number of hydrogen-bond donors (Lipinski definition) is 2. The normalized spacial score (nSPS) is 9.73. The molecule has 0 spiro atoms. The zero-order valence-corrected chi connectivity index (χ0v) is 10.8. The van der Waals surface area contributed by atoms with Crippen molar-refractivity contribution < 1.29 is 0 Å². The van der Waals surface area contributed by atoms with E-state index in [0.717, 1.165) is 6.54 Å². The van der Waals surface area contributed by atoms with Crippen molar-refractivity contribution in [3.05, 3.63) is 11.6 Å². The van der Waals surface area contributed by atoms with Gasteiger partial charge in [0.2, 0.25) is 0 Å². The molecule has 0 atom stereocenters.